The summed E-state index contributed by atoms with van der Waals surface area (Å²) < 4.78 is 10.6. The van der Waals surface area contributed by atoms with Gasteiger partial charge in [-0.05, 0) is 38.2 Å². The van der Waals surface area contributed by atoms with Crippen molar-refractivity contribution < 1.29 is 19.4 Å². The molecule has 1 N–H and O–H groups in total. The molecular formula is C14H19NO4. The van der Waals surface area contributed by atoms with E-state index in [2.05, 4.69) is 0 Å². The maximum Gasteiger partial charge on any atom is 0.308 e. The number of carboxylic acids is 1. The second kappa shape index (κ2) is 5.48. The van der Waals surface area contributed by atoms with E-state index in [1.807, 2.05) is 44.1 Å². The van der Waals surface area contributed by atoms with E-state index in [9.17, 15) is 9.90 Å². The summed E-state index contributed by atoms with van der Waals surface area (Å²) in [6.07, 6.45) is 0.576. The van der Waals surface area contributed by atoms with Crippen LogP contribution in [0.4, 0.5) is 0 Å². The number of benzene rings is 1. The van der Waals surface area contributed by atoms with Gasteiger partial charge in [-0.2, -0.15) is 0 Å². The minimum absolute atomic E-state index is 0.183. The third-order valence-electron chi connectivity index (χ3n) is 3.43. The predicted octanol–water partition coefficient (Wildman–Crippen LogP) is 2.13. The predicted molar refractivity (Wildman–Crippen MR) is 70.4 cm³/mol. The number of aliphatic carboxylic acids is 1. The molecule has 1 aromatic rings. The minimum atomic E-state index is -0.779. The molecule has 0 aliphatic carbocycles. The SMILES string of the molecule is CCC(C(=O)O)C(c1ccc2c(c1)OCO2)N(C)C. The van der Waals surface area contributed by atoms with Gasteiger partial charge >= 0.3 is 5.97 Å². The average molecular weight is 265 g/mol. The smallest absolute Gasteiger partial charge is 0.308 e. The molecule has 0 bridgehead atoms. The third kappa shape index (κ3) is 2.66. The first-order valence-corrected chi connectivity index (χ1v) is 6.33. The highest BCUT2D eigenvalue weighted by molar-refractivity contribution is 5.71. The van der Waals surface area contributed by atoms with Gasteiger partial charge in [0, 0.05) is 6.04 Å². The molecule has 5 heteroatoms. The molecule has 104 valence electrons. The Morgan fingerprint density at radius 3 is 2.63 bits per heavy atom. The van der Waals surface area contributed by atoms with Crippen LogP contribution >= 0.6 is 0 Å². The summed E-state index contributed by atoms with van der Waals surface area (Å²) in [6.45, 7) is 2.11. The van der Waals surface area contributed by atoms with Gasteiger partial charge in [-0.3, -0.25) is 4.79 Å². The fraction of sp³-hybridized carbons (Fsp3) is 0.500. The molecule has 2 atom stereocenters. The lowest BCUT2D eigenvalue weighted by Gasteiger charge is -2.29. The van der Waals surface area contributed by atoms with E-state index in [4.69, 9.17) is 9.47 Å². The van der Waals surface area contributed by atoms with Gasteiger partial charge in [0.25, 0.3) is 0 Å². The van der Waals surface area contributed by atoms with Crippen molar-refractivity contribution in [3.63, 3.8) is 0 Å². The van der Waals surface area contributed by atoms with Gasteiger partial charge in [0.05, 0.1) is 5.92 Å². The van der Waals surface area contributed by atoms with Crippen LogP contribution in [0.1, 0.15) is 24.9 Å². The summed E-state index contributed by atoms with van der Waals surface area (Å²) in [5, 5.41) is 9.36. The van der Waals surface area contributed by atoms with Crippen molar-refractivity contribution in [1.82, 2.24) is 4.90 Å². The lowest BCUT2D eigenvalue weighted by atomic mass is 9.90. The Morgan fingerprint density at radius 2 is 2.05 bits per heavy atom. The van der Waals surface area contributed by atoms with Crippen LogP contribution in [-0.2, 0) is 4.79 Å². The number of hydrogen-bond acceptors (Lipinski definition) is 4. The van der Waals surface area contributed by atoms with Gasteiger partial charge in [-0.1, -0.05) is 13.0 Å². The highest BCUT2D eigenvalue weighted by atomic mass is 16.7. The van der Waals surface area contributed by atoms with E-state index >= 15 is 0 Å². The number of hydrogen-bond donors (Lipinski definition) is 1. The van der Waals surface area contributed by atoms with Crippen LogP contribution in [0.15, 0.2) is 18.2 Å². The standard InChI is InChI=1S/C14H19NO4/c1-4-10(14(16)17)13(15(2)3)9-5-6-11-12(7-9)19-8-18-11/h5-7,10,13H,4,8H2,1-3H3,(H,16,17). The van der Waals surface area contributed by atoms with Gasteiger partial charge in [0.2, 0.25) is 6.79 Å². The zero-order chi connectivity index (χ0) is 14.0. The Bertz CT molecular complexity index is 473. The van der Waals surface area contributed by atoms with Gasteiger partial charge in [-0.25, -0.2) is 0 Å². The number of rotatable bonds is 5. The molecule has 2 rings (SSSR count). The zero-order valence-electron chi connectivity index (χ0n) is 11.4. The lowest BCUT2D eigenvalue weighted by molar-refractivity contribution is -0.144. The monoisotopic (exact) mass is 265 g/mol. The Labute approximate surface area is 112 Å². The van der Waals surface area contributed by atoms with Crippen LogP contribution in [0.25, 0.3) is 0 Å². The number of ether oxygens (including phenoxy) is 2. The summed E-state index contributed by atoms with van der Waals surface area (Å²) in [4.78, 5) is 13.3. The van der Waals surface area contributed by atoms with Crippen molar-refractivity contribution in [1.29, 1.82) is 0 Å². The normalized spacial score (nSPS) is 16.4. The zero-order valence-corrected chi connectivity index (χ0v) is 11.4. The van der Waals surface area contributed by atoms with Crippen LogP contribution in [0.3, 0.4) is 0 Å². The Kier molecular flexibility index (Phi) is 3.95. The fourth-order valence-electron chi connectivity index (χ4n) is 2.52. The van der Waals surface area contributed by atoms with Crippen LogP contribution < -0.4 is 9.47 Å². The molecule has 0 saturated carbocycles. The molecule has 1 aromatic carbocycles. The van der Waals surface area contributed by atoms with Crippen LogP contribution in [0.5, 0.6) is 11.5 Å². The van der Waals surface area contributed by atoms with Crippen LogP contribution in [-0.4, -0.2) is 36.9 Å². The van der Waals surface area contributed by atoms with E-state index in [1.165, 1.54) is 0 Å². The first-order valence-electron chi connectivity index (χ1n) is 6.33. The first kappa shape index (κ1) is 13.7. The summed E-state index contributed by atoms with van der Waals surface area (Å²) >= 11 is 0. The topological polar surface area (TPSA) is 59.0 Å². The minimum Gasteiger partial charge on any atom is -0.481 e. The summed E-state index contributed by atoms with van der Waals surface area (Å²) in [7, 11) is 3.78. The Morgan fingerprint density at radius 1 is 1.37 bits per heavy atom. The van der Waals surface area contributed by atoms with Gasteiger partial charge < -0.3 is 19.5 Å². The van der Waals surface area contributed by atoms with Crippen molar-refractivity contribution in [2.75, 3.05) is 20.9 Å². The number of carbonyl (C=O) groups is 1. The molecule has 0 fully saturated rings. The van der Waals surface area contributed by atoms with Crippen molar-refractivity contribution in [2.24, 2.45) is 5.92 Å². The molecule has 0 amide bonds. The molecule has 1 aliphatic rings. The molecule has 2 unspecified atom stereocenters. The highest BCUT2D eigenvalue weighted by Crippen LogP contribution is 2.37. The summed E-state index contributed by atoms with van der Waals surface area (Å²) in [5.41, 5.74) is 0.934. The summed E-state index contributed by atoms with van der Waals surface area (Å²) in [5.74, 6) is 0.170. The molecule has 1 aliphatic heterocycles. The average Bonchev–Trinajstić information content (AvgIpc) is 2.81. The van der Waals surface area contributed by atoms with Crippen molar-refractivity contribution >= 4 is 5.97 Å². The first-order chi connectivity index (χ1) is 9.04. The second-order valence-corrected chi connectivity index (χ2v) is 4.87. The van der Waals surface area contributed by atoms with Gasteiger partial charge in [0.15, 0.2) is 11.5 Å². The van der Waals surface area contributed by atoms with Crippen molar-refractivity contribution in [3.05, 3.63) is 23.8 Å². The largest absolute Gasteiger partial charge is 0.481 e. The van der Waals surface area contributed by atoms with E-state index in [0.717, 1.165) is 5.56 Å². The number of fused-ring (bicyclic) bond motifs is 1. The number of nitrogens with zero attached hydrogens (tertiary/aromatic N) is 1. The molecule has 0 saturated heterocycles. The molecule has 0 spiro atoms. The molecule has 0 aromatic heterocycles. The van der Waals surface area contributed by atoms with E-state index in [0.29, 0.717) is 17.9 Å². The highest BCUT2D eigenvalue weighted by Gasteiger charge is 2.30. The second-order valence-electron chi connectivity index (χ2n) is 4.87. The maximum absolute atomic E-state index is 11.4. The van der Waals surface area contributed by atoms with E-state index in [-0.39, 0.29) is 12.8 Å². The molecular weight excluding hydrogens is 246 g/mol. The quantitative estimate of drug-likeness (QED) is 0.883. The lowest BCUT2D eigenvalue weighted by Crippen LogP contribution is -2.32. The molecule has 1 heterocycles. The van der Waals surface area contributed by atoms with Crippen LogP contribution in [0, 0.1) is 5.92 Å². The maximum atomic E-state index is 11.4. The number of carboxylic acid groups (broad SMARTS) is 1. The van der Waals surface area contributed by atoms with Gasteiger partial charge in [0.1, 0.15) is 0 Å². The van der Waals surface area contributed by atoms with Crippen LogP contribution in [0.2, 0.25) is 0 Å². The van der Waals surface area contributed by atoms with E-state index < -0.39 is 11.9 Å². The summed E-state index contributed by atoms with van der Waals surface area (Å²) in [6, 6.07) is 5.43. The van der Waals surface area contributed by atoms with Crippen molar-refractivity contribution in [2.45, 2.75) is 19.4 Å². The Balaban J connectivity index is 2.36. The molecule has 0 radical (unpaired) electrons. The molecule has 19 heavy (non-hydrogen) atoms. The van der Waals surface area contributed by atoms with Gasteiger partial charge in [-0.15, -0.1) is 0 Å². The van der Waals surface area contributed by atoms with E-state index in [1.54, 1.807) is 0 Å². The Hall–Kier alpha value is -1.75. The third-order valence-corrected chi connectivity index (χ3v) is 3.43. The molecule has 5 nitrogen and oxygen atoms in total. The van der Waals surface area contributed by atoms with Crippen molar-refractivity contribution in [3.8, 4) is 11.5 Å². The fourth-order valence-corrected chi connectivity index (χ4v) is 2.52.